The fraction of sp³-hybridized carbons (Fsp3) is 0.778. The molecule has 2 atom stereocenters. The molecular formula is C9H16O. The minimum Gasteiger partial charge on any atom is -0.390 e. The van der Waals surface area contributed by atoms with Crippen molar-refractivity contribution in [2.75, 3.05) is 0 Å². The summed E-state index contributed by atoms with van der Waals surface area (Å²) in [6.07, 6.45) is 2.76. The average Bonchev–Trinajstić information content (AvgIpc) is 1.79. The zero-order valence-corrected chi connectivity index (χ0v) is 6.85. The second-order valence-electron chi connectivity index (χ2n) is 3.76. The first kappa shape index (κ1) is 7.80. The van der Waals surface area contributed by atoms with Crippen molar-refractivity contribution in [1.82, 2.24) is 0 Å². The van der Waals surface area contributed by atoms with Gasteiger partial charge in [-0.2, -0.15) is 0 Å². The third-order valence-electron chi connectivity index (χ3n) is 2.43. The number of hydrogen-bond acceptors (Lipinski definition) is 1. The Hall–Kier alpha value is -0.300. The largest absolute Gasteiger partial charge is 0.390 e. The molecule has 0 spiro atoms. The lowest BCUT2D eigenvalue weighted by atomic mass is 9.77. The molecule has 1 N–H and O–H groups in total. The van der Waals surface area contributed by atoms with Crippen molar-refractivity contribution in [2.24, 2.45) is 5.92 Å². The van der Waals surface area contributed by atoms with E-state index in [1.54, 1.807) is 0 Å². The maximum Gasteiger partial charge on any atom is 0.0628 e. The highest BCUT2D eigenvalue weighted by Crippen LogP contribution is 2.34. The van der Waals surface area contributed by atoms with Crippen molar-refractivity contribution in [3.63, 3.8) is 0 Å². The van der Waals surface area contributed by atoms with Gasteiger partial charge >= 0.3 is 0 Å². The molecule has 10 heavy (non-hydrogen) atoms. The van der Waals surface area contributed by atoms with E-state index in [4.69, 9.17) is 0 Å². The Kier molecular flexibility index (Phi) is 1.86. The van der Waals surface area contributed by atoms with Crippen molar-refractivity contribution in [3.05, 3.63) is 12.2 Å². The average molecular weight is 140 g/mol. The predicted octanol–water partition coefficient (Wildman–Crippen LogP) is 2.11. The predicted molar refractivity (Wildman–Crippen MR) is 42.8 cm³/mol. The number of allylic oxidation sites excluding steroid dienone is 1. The molecular weight excluding hydrogens is 124 g/mol. The van der Waals surface area contributed by atoms with Crippen LogP contribution in [0.3, 0.4) is 0 Å². The summed E-state index contributed by atoms with van der Waals surface area (Å²) in [4.78, 5) is 0. The molecule has 0 aromatic rings. The summed E-state index contributed by atoms with van der Waals surface area (Å²) in [6, 6.07) is 0. The second kappa shape index (κ2) is 2.39. The van der Waals surface area contributed by atoms with Gasteiger partial charge in [0.1, 0.15) is 0 Å². The topological polar surface area (TPSA) is 20.2 Å². The number of hydrogen-bond donors (Lipinski definition) is 1. The van der Waals surface area contributed by atoms with Crippen LogP contribution in [0.1, 0.15) is 33.1 Å². The van der Waals surface area contributed by atoms with Crippen molar-refractivity contribution in [2.45, 2.75) is 38.7 Å². The molecule has 0 bridgehead atoms. The van der Waals surface area contributed by atoms with Crippen LogP contribution in [0.2, 0.25) is 0 Å². The minimum absolute atomic E-state index is 0.430. The molecule has 58 valence electrons. The highest BCUT2D eigenvalue weighted by molar-refractivity contribution is 5.06. The van der Waals surface area contributed by atoms with Gasteiger partial charge in [0.2, 0.25) is 0 Å². The molecule has 0 radical (unpaired) electrons. The van der Waals surface area contributed by atoms with Gasteiger partial charge in [0, 0.05) is 0 Å². The third-order valence-corrected chi connectivity index (χ3v) is 2.43. The van der Waals surface area contributed by atoms with Crippen molar-refractivity contribution < 1.29 is 5.11 Å². The fourth-order valence-electron chi connectivity index (χ4n) is 1.58. The van der Waals surface area contributed by atoms with Gasteiger partial charge in [-0.05, 0) is 32.1 Å². The highest BCUT2D eigenvalue weighted by Gasteiger charge is 2.29. The van der Waals surface area contributed by atoms with Gasteiger partial charge in [0.15, 0.2) is 0 Å². The van der Waals surface area contributed by atoms with Crippen LogP contribution in [0.15, 0.2) is 12.2 Å². The monoisotopic (exact) mass is 140 g/mol. The lowest BCUT2D eigenvalue weighted by Gasteiger charge is -2.33. The van der Waals surface area contributed by atoms with Gasteiger partial charge in [0.25, 0.3) is 0 Å². The Bertz CT molecular complexity index is 147. The van der Waals surface area contributed by atoms with Crippen LogP contribution >= 0.6 is 0 Å². The molecule has 1 aliphatic rings. The van der Waals surface area contributed by atoms with Crippen LogP contribution in [0, 0.1) is 5.92 Å². The van der Waals surface area contributed by atoms with Crippen LogP contribution in [0.4, 0.5) is 0 Å². The summed E-state index contributed by atoms with van der Waals surface area (Å²) < 4.78 is 0. The van der Waals surface area contributed by atoms with Gasteiger partial charge in [-0.3, -0.25) is 0 Å². The van der Waals surface area contributed by atoms with Crippen molar-refractivity contribution in [1.29, 1.82) is 0 Å². The number of rotatable bonds is 0. The van der Waals surface area contributed by atoms with E-state index in [2.05, 4.69) is 13.5 Å². The Morgan fingerprint density at radius 3 is 2.70 bits per heavy atom. The molecule has 1 fully saturated rings. The first-order chi connectivity index (χ1) is 4.51. The van der Waals surface area contributed by atoms with Crippen molar-refractivity contribution >= 4 is 0 Å². The van der Waals surface area contributed by atoms with Gasteiger partial charge in [-0.1, -0.05) is 19.1 Å². The van der Waals surface area contributed by atoms with Crippen LogP contribution in [0.25, 0.3) is 0 Å². The summed E-state index contributed by atoms with van der Waals surface area (Å²) in [6.45, 7) is 8.00. The normalized spacial score (nSPS) is 41.9. The van der Waals surface area contributed by atoms with Gasteiger partial charge in [-0.25, -0.2) is 0 Å². The Morgan fingerprint density at radius 2 is 2.30 bits per heavy atom. The summed E-state index contributed by atoms with van der Waals surface area (Å²) in [7, 11) is 0. The van der Waals surface area contributed by atoms with Gasteiger partial charge in [0.05, 0.1) is 5.60 Å². The van der Waals surface area contributed by atoms with E-state index >= 15 is 0 Å². The fourth-order valence-corrected chi connectivity index (χ4v) is 1.58. The molecule has 1 heteroatoms. The lowest BCUT2D eigenvalue weighted by Crippen LogP contribution is -2.31. The third kappa shape index (κ3) is 1.60. The van der Waals surface area contributed by atoms with Crippen LogP contribution < -0.4 is 0 Å². The zero-order chi connectivity index (χ0) is 7.78. The van der Waals surface area contributed by atoms with Gasteiger partial charge < -0.3 is 5.11 Å². The summed E-state index contributed by atoms with van der Waals surface area (Å²) >= 11 is 0. The molecule has 1 rings (SSSR count). The van der Waals surface area contributed by atoms with Crippen LogP contribution in [-0.4, -0.2) is 10.7 Å². The van der Waals surface area contributed by atoms with E-state index in [0.717, 1.165) is 19.3 Å². The molecule has 1 aliphatic carbocycles. The van der Waals surface area contributed by atoms with E-state index in [1.807, 2.05) is 6.92 Å². The first-order valence-electron chi connectivity index (χ1n) is 3.91. The quantitative estimate of drug-likeness (QED) is 0.511. The van der Waals surface area contributed by atoms with E-state index in [9.17, 15) is 5.11 Å². The standard InChI is InChI=1S/C9H16O/c1-7-4-5-9(3,10)6-8(7)2/h8,10H,1,4-6H2,2-3H3/t8-,9+/m1/s1. The molecule has 0 heterocycles. The highest BCUT2D eigenvalue weighted by atomic mass is 16.3. The Labute approximate surface area is 62.8 Å². The van der Waals surface area contributed by atoms with E-state index in [0.29, 0.717) is 5.92 Å². The Balaban J connectivity index is 2.57. The summed E-state index contributed by atoms with van der Waals surface area (Å²) in [5.74, 6) is 0.503. The lowest BCUT2D eigenvalue weighted by molar-refractivity contribution is 0.0191. The number of aliphatic hydroxyl groups is 1. The van der Waals surface area contributed by atoms with Gasteiger partial charge in [-0.15, -0.1) is 0 Å². The molecule has 0 aliphatic heterocycles. The molecule has 0 amide bonds. The summed E-state index contributed by atoms with van der Waals surface area (Å²) in [5.41, 5.74) is 0.868. The SMILES string of the molecule is C=C1CC[C@](C)(O)C[C@H]1C. The first-order valence-corrected chi connectivity index (χ1v) is 3.91. The molecule has 1 nitrogen and oxygen atoms in total. The minimum atomic E-state index is -0.430. The zero-order valence-electron chi connectivity index (χ0n) is 6.85. The van der Waals surface area contributed by atoms with Crippen molar-refractivity contribution in [3.8, 4) is 0 Å². The smallest absolute Gasteiger partial charge is 0.0628 e. The van der Waals surface area contributed by atoms with E-state index < -0.39 is 5.60 Å². The molecule has 0 saturated heterocycles. The maximum absolute atomic E-state index is 9.62. The molecule has 1 saturated carbocycles. The maximum atomic E-state index is 9.62. The second-order valence-corrected chi connectivity index (χ2v) is 3.76. The molecule has 0 unspecified atom stereocenters. The van der Waals surface area contributed by atoms with E-state index in [1.165, 1.54) is 5.57 Å². The van der Waals surface area contributed by atoms with Crippen LogP contribution in [0.5, 0.6) is 0 Å². The Morgan fingerprint density at radius 1 is 1.70 bits per heavy atom. The summed E-state index contributed by atoms with van der Waals surface area (Å²) in [5, 5.41) is 9.62. The van der Waals surface area contributed by atoms with Crippen LogP contribution in [-0.2, 0) is 0 Å². The molecule has 0 aromatic carbocycles. The molecule has 0 aromatic heterocycles. The van der Waals surface area contributed by atoms with E-state index in [-0.39, 0.29) is 0 Å².